The van der Waals surface area contributed by atoms with E-state index < -0.39 is 21.4 Å². The van der Waals surface area contributed by atoms with Gasteiger partial charge in [0, 0.05) is 69.9 Å². The van der Waals surface area contributed by atoms with Gasteiger partial charge in [-0.3, -0.25) is 4.90 Å². The summed E-state index contributed by atoms with van der Waals surface area (Å²) in [6, 6.07) is 58.0. The summed E-state index contributed by atoms with van der Waals surface area (Å²) in [5.41, 5.74) is 0. The maximum atomic E-state index is 14.5. The molecule has 0 aromatic heterocycles. The molecule has 0 saturated heterocycles. The molecule has 0 amide bonds. The molecule has 0 unspecified atom stereocenters. The molecule has 7 nitrogen and oxygen atoms in total. The fourth-order valence-electron chi connectivity index (χ4n) is 7.04. The molecular weight excluding hydrogens is 779 g/mol. The van der Waals surface area contributed by atoms with E-state index in [0.29, 0.717) is 77.8 Å². The van der Waals surface area contributed by atoms with E-state index in [2.05, 4.69) is 4.90 Å². The first kappa shape index (κ1) is 43.4. The van der Waals surface area contributed by atoms with E-state index in [1.807, 2.05) is 182 Å². The van der Waals surface area contributed by atoms with Gasteiger partial charge in [0.2, 0.25) is 0 Å². The molecule has 0 atom stereocenters. The van der Waals surface area contributed by atoms with Gasteiger partial charge in [-0.1, -0.05) is 182 Å². The quantitative estimate of drug-likeness (QED) is 0.0466. The van der Waals surface area contributed by atoms with Gasteiger partial charge >= 0.3 is 0 Å². The number of benzene rings is 6. The van der Waals surface area contributed by atoms with Crippen molar-refractivity contribution in [1.29, 1.82) is 0 Å². The second-order valence-electron chi connectivity index (χ2n) is 14.1. The van der Waals surface area contributed by atoms with Crippen LogP contribution in [0.5, 0.6) is 0 Å². The molecule has 0 spiro atoms. The lowest BCUT2D eigenvalue weighted by molar-refractivity contribution is 0.0614. The van der Waals surface area contributed by atoms with E-state index in [4.69, 9.17) is 14.2 Å². The van der Waals surface area contributed by atoms with Crippen molar-refractivity contribution in [2.24, 2.45) is 0 Å². The molecule has 0 fully saturated rings. The summed E-state index contributed by atoms with van der Waals surface area (Å²) in [6.45, 7) is 4.24. The van der Waals surface area contributed by atoms with E-state index in [1.165, 1.54) is 0 Å². The van der Waals surface area contributed by atoms with Crippen molar-refractivity contribution in [3.05, 3.63) is 182 Å². The van der Waals surface area contributed by atoms with Crippen LogP contribution >= 0.6 is 21.4 Å². The number of rotatable bonds is 24. The Kier molecular flexibility index (Phi) is 16.7. The van der Waals surface area contributed by atoms with Crippen LogP contribution in [0.1, 0.15) is 0 Å². The lowest BCUT2D eigenvalue weighted by Crippen LogP contribution is -2.35. The van der Waals surface area contributed by atoms with Crippen LogP contribution in [-0.2, 0) is 27.9 Å². The van der Waals surface area contributed by atoms with Gasteiger partial charge in [0.25, 0.3) is 0 Å². The second kappa shape index (κ2) is 22.3. The van der Waals surface area contributed by atoms with Crippen molar-refractivity contribution in [3.63, 3.8) is 0 Å². The zero-order chi connectivity index (χ0) is 40.4. The van der Waals surface area contributed by atoms with Gasteiger partial charge in [-0.2, -0.15) is 0 Å². The monoisotopic (exact) mass is 833 g/mol. The Labute approximate surface area is 344 Å². The van der Waals surface area contributed by atoms with Crippen molar-refractivity contribution < 1.29 is 27.9 Å². The fraction of sp³-hybridized carbons (Fsp3) is 0.250. The Hall–Kier alpha value is -4.15. The van der Waals surface area contributed by atoms with E-state index in [9.17, 15) is 13.7 Å². The summed E-state index contributed by atoms with van der Waals surface area (Å²) >= 11 is 0. The molecule has 0 heterocycles. The van der Waals surface area contributed by atoms with Crippen LogP contribution in [-0.4, -0.2) is 82.7 Å². The van der Waals surface area contributed by atoms with Gasteiger partial charge in [-0.05, 0) is 0 Å². The summed E-state index contributed by atoms with van der Waals surface area (Å²) < 4.78 is 61.9. The van der Waals surface area contributed by atoms with E-state index in [0.717, 1.165) is 31.8 Å². The minimum absolute atomic E-state index is 0.352. The number of nitrogens with zero attached hydrogens (tertiary/aromatic N) is 1. The van der Waals surface area contributed by atoms with E-state index in [-0.39, 0.29) is 0 Å². The molecule has 6 aromatic rings. The maximum Gasteiger partial charge on any atom is 0.145 e. The Bertz CT molecular complexity index is 1830. The van der Waals surface area contributed by atoms with Crippen LogP contribution < -0.4 is 31.8 Å². The normalized spacial score (nSPS) is 12.2. The Morgan fingerprint density at radius 1 is 0.293 bits per heavy atom. The predicted octanol–water partition coefficient (Wildman–Crippen LogP) is 7.38. The van der Waals surface area contributed by atoms with Crippen LogP contribution in [0.2, 0.25) is 0 Å². The standard InChI is InChI=1S/C48H54NO6P3/c50-56(43-19-7-1-8-20-43,44-21-9-2-10-22-44)40-37-53-34-31-49(32-35-54-38-41-57(51,45-23-11-3-12-24-45)46-25-13-4-14-26-46)33-36-55-39-42-58(52,47-27-15-5-16-28-47)48-29-17-6-18-30-48/h1-30H,31-42H2. The van der Waals surface area contributed by atoms with Crippen molar-refractivity contribution in [2.75, 3.05) is 77.8 Å². The van der Waals surface area contributed by atoms with E-state index >= 15 is 0 Å². The zero-order valence-electron chi connectivity index (χ0n) is 33.0. The molecule has 0 aliphatic carbocycles. The van der Waals surface area contributed by atoms with Gasteiger partial charge in [0.05, 0.1) is 39.6 Å². The first-order valence-electron chi connectivity index (χ1n) is 20.0. The first-order valence-corrected chi connectivity index (χ1v) is 25.7. The molecule has 0 aliphatic heterocycles. The summed E-state index contributed by atoms with van der Waals surface area (Å²) in [5.74, 6) is 0. The summed E-state index contributed by atoms with van der Waals surface area (Å²) in [6.07, 6.45) is 1.21. The van der Waals surface area contributed by atoms with Gasteiger partial charge in [0.15, 0.2) is 0 Å². The Morgan fingerprint density at radius 2 is 0.483 bits per heavy atom. The molecule has 6 aromatic carbocycles. The molecule has 10 heteroatoms. The van der Waals surface area contributed by atoms with Crippen LogP contribution in [0.15, 0.2) is 182 Å². The van der Waals surface area contributed by atoms with Crippen LogP contribution in [0.25, 0.3) is 0 Å². The highest BCUT2D eigenvalue weighted by atomic mass is 31.2. The summed E-state index contributed by atoms with van der Waals surface area (Å²) in [7, 11) is -8.64. The Morgan fingerprint density at radius 3 is 0.672 bits per heavy atom. The summed E-state index contributed by atoms with van der Waals surface area (Å²) in [5, 5.41) is 4.97. The third-order valence-corrected chi connectivity index (χ3v) is 19.6. The first-order chi connectivity index (χ1) is 28.4. The van der Waals surface area contributed by atoms with Crippen molar-refractivity contribution in [3.8, 4) is 0 Å². The third-order valence-electron chi connectivity index (χ3n) is 10.3. The zero-order valence-corrected chi connectivity index (χ0v) is 35.7. The van der Waals surface area contributed by atoms with Crippen LogP contribution in [0.3, 0.4) is 0 Å². The minimum Gasteiger partial charge on any atom is -0.380 e. The lowest BCUT2D eigenvalue weighted by atomic mass is 10.4. The molecule has 0 saturated carbocycles. The van der Waals surface area contributed by atoms with Gasteiger partial charge in [-0.25, -0.2) is 0 Å². The molecule has 302 valence electrons. The predicted molar refractivity (Wildman–Crippen MR) is 243 cm³/mol. The molecule has 58 heavy (non-hydrogen) atoms. The lowest BCUT2D eigenvalue weighted by Gasteiger charge is -2.24. The minimum atomic E-state index is -2.88. The van der Waals surface area contributed by atoms with Crippen LogP contribution in [0.4, 0.5) is 0 Å². The highest BCUT2D eigenvalue weighted by Crippen LogP contribution is 2.44. The highest BCUT2D eigenvalue weighted by molar-refractivity contribution is 7.79. The van der Waals surface area contributed by atoms with Crippen molar-refractivity contribution in [1.82, 2.24) is 4.90 Å². The largest absolute Gasteiger partial charge is 0.380 e. The number of hydrogen-bond donors (Lipinski definition) is 0. The molecule has 6 rings (SSSR count). The topological polar surface area (TPSA) is 82.1 Å². The number of hydrogen-bond acceptors (Lipinski definition) is 7. The third kappa shape index (κ3) is 11.7. The average molecular weight is 834 g/mol. The number of ether oxygens (including phenoxy) is 3. The van der Waals surface area contributed by atoms with Gasteiger partial charge in [-0.15, -0.1) is 0 Å². The van der Waals surface area contributed by atoms with Crippen LogP contribution in [0, 0.1) is 0 Å². The SMILES string of the molecule is O=P(CCOCCN(CCOCCP(=O)(c1ccccc1)c1ccccc1)CCOCCP(=O)(c1ccccc1)c1ccccc1)(c1ccccc1)c1ccccc1. The Balaban J connectivity index is 1.05. The van der Waals surface area contributed by atoms with Crippen molar-refractivity contribution >= 4 is 53.3 Å². The molecular formula is C48H54NO6P3. The van der Waals surface area contributed by atoms with Gasteiger partial charge < -0.3 is 27.9 Å². The average Bonchev–Trinajstić information content (AvgIpc) is 3.30. The summed E-state index contributed by atoms with van der Waals surface area (Å²) in [4.78, 5) is 2.23. The maximum absolute atomic E-state index is 14.5. The smallest absolute Gasteiger partial charge is 0.145 e. The molecule has 0 radical (unpaired) electrons. The second-order valence-corrected chi connectivity index (χ2v) is 23.0. The van der Waals surface area contributed by atoms with E-state index in [1.54, 1.807) is 0 Å². The molecule has 0 bridgehead atoms. The molecule has 0 N–H and O–H groups in total. The van der Waals surface area contributed by atoms with Crippen molar-refractivity contribution in [2.45, 2.75) is 0 Å². The van der Waals surface area contributed by atoms with Gasteiger partial charge in [0.1, 0.15) is 21.4 Å². The highest BCUT2D eigenvalue weighted by Gasteiger charge is 2.29. The fourth-order valence-corrected chi connectivity index (χ4v) is 14.6. The molecule has 0 aliphatic rings.